The zero-order valence-electron chi connectivity index (χ0n) is 16.1. The Morgan fingerprint density at radius 1 is 1.21 bits per heavy atom. The fraction of sp³-hybridized carbons (Fsp3) is 0.286. The molecular weight excluding hydrogens is 415 g/mol. The van der Waals surface area contributed by atoms with Crippen LogP contribution in [0.5, 0.6) is 11.5 Å². The summed E-state index contributed by atoms with van der Waals surface area (Å²) in [7, 11) is 0. The Morgan fingerprint density at radius 3 is 2.62 bits per heavy atom. The average molecular weight is 435 g/mol. The van der Waals surface area contributed by atoms with E-state index >= 15 is 0 Å². The summed E-state index contributed by atoms with van der Waals surface area (Å²) in [5.41, 5.74) is 1.51. The number of nitrogens with zero attached hydrogens (tertiary/aromatic N) is 2. The minimum Gasteiger partial charge on any atom is -0.490 e. The Balaban J connectivity index is 1.83. The second-order valence-electron chi connectivity index (χ2n) is 6.29. The van der Waals surface area contributed by atoms with E-state index in [0.717, 1.165) is 5.56 Å². The molecule has 2 aromatic rings. The van der Waals surface area contributed by atoms with Gasteiger partial charge in [-0.05, 0) is 49.8 Å². The fourth-order valence-corrected chi connectivity index (χ4v) is 3.56. The predicted octanol–water partition coefficient (Wildman–Crippen LogP) is 4.59. The monoisotopic (exact) mass is 434 g/mol. The summed E-state index contributed by atoms with van der Waals surface area (Å²) in [6.07, 6.45) is 0.267. The standard InChI is InChI=1S/C21H20ClFN2O3S/c1-3-25-20(26)17(24-21(25)29)10-13-9-15(22)19(18(11-13)27-4-2)28-12-14-7-5-6-8-16(14)23/h5-9,11H,3-4,10,12H2,1-2H3. The molecule has 0 aromatic heterocycles. The van der Waals surface area contributed by atoms with Crippen molar-refractivity contribution in [2.24, 2.45) is 4.99 Å². The van der Waals surface area contributed by atoms with Crippen molar-refractivity contribution in [1.29, 1.82) is 0 Å². The lowest BCUT2D eigenvalue weighted by Crippen LogP contribution is -2.32. The number of carbonyl (C=O) groups excluding carboxylic acids is 1. The fourth-order valence-electron chi connectivity index (χ4n) is 2.95. The van der Waals surface area contributed by atoms with Gasteiger partial charge in [0.15, 0.2) is 11.5 Å². The van der Waals surface area contributed by atoms with Crippen LogP contribution >= 0.6 is 23.8 Å². The van der Waals surface area contributed by atoms with Crippen molar-refractivity contribution in [3.8, 4) is 11.5 Å². The highest BCUT2D eigenvalue weighted by Crippen LogP contribution is 2.37. The number of rotatable bonds is 8. The number of aliphatic imine (C=N–C) groups is 1. The smallest absolute Gasteiger partial charge is 0.274 e. The number of hydrogen-bond donors (Lipinski definition) is 0. The third-order valence-corrected chi connectivity index (χ3v) is 4.93. The number of amides is 1. The highest BCUT2D eigenvalue weighted by atomic mass is 35.5. The molecule has 3 rings (SSSR count). The molecule has 1 amide bonds. The van der Waals surface area contributed by atoms with Crippen LogP contribution in [0.4, 0.5) is 4.39 Å². The molecule has 0 fully saturated rings. The number of thiocarbonyl (C=S) groups is 1. The van der Waals surface area contributed by atoms with E-state index in [1.807, 2.05) is 13.8 Å². The lowest BCUT2D eigenvalue weighted by Gasteiger charge is -2.16. The summed E-state index contributed by atoms with van der Waals surface area (Å²) in [6.45, 7) is 4.55. The Hall–Kier alpha value is -2.51. The normalized spacial score (nSPS) is 13.7. The Kier molecular flexibility index (Phi) is 6.82. The lowest BCUT2D eigenvalue weighted by molar-refractivity contribution is -0.119. The van der Waals surface area contributed by atoms with Gasteiger partial charge in [-0.2, -0.15) is 0 Å². The first-order valence-corrected chi connectivity index (χ1v) is 9.98. The SMILES string of the molecule is CCOc1cc(CC2=NC(=S)N(CC)C2=O)cc(Cl)c1OCc1ccccc1F. The van der Waals surface area contributed by atoms with Gasteiger partial charge in [-0.3, -0.25) is 9.69 Å². The second-order valence-corrected chi connectivity index (χ2v) is 7.06. The maximum absolute atomic E-state index is 13.9. The van der Waals surface area contributed by atoms with Crippen molar-refractivity contribution < 1.29 is 18.7 Å². The number of ether oxygens (including phenoxy) is 2. The van der Waals surface area contributed by atoms with Crippen LogP contribution in [0.25, 0.3) is 0 Å². The van der Waals surface area contributed by atoms with E-state index < -0.39 is 0 Å². The average Bonchev–Trinajstić information content (AvgIpc) is 2.95. The topological polar surface area (TPSA) is 51.1 Å². The molecule has 29 heavy (non-hydrogen) atoms. The summed E-state index contributed by atoms with van der Waals surface area (Å²) >= 11 is 11.6. The second kappa shape index (κ2) is 9.33. The molecule has 0 atom stereocenters. The molecule has 1 heterocycles. The third kappa shape index (κ3) is 4.74. The maximum Gasteiger partial charge on any atom is 0.274 e. The van der Waals surface area contributed by atoms with E-state index in [1.165, 1.54) is 11.0 Å². The zero-order valence-corrected chi connectivity index (χ0v) is 17.6. The summed E-state index contributed by atoms with van der Waals surface area (Å²) in [5.74, 6) is 0.192. The predicted molar refractivity (Wildman–Crippen MR) is 114 cm³/mol. The summed E-state index contributed by atoms with van der Waals surface area (Å²) < 4.78 is 25.3. The van der Waals surface area contributed by atoms with Gasteiger partial charge in [0, 0.05) is 18.5 Å². The summed E-state index contributed by atoms with van der Waals surface area (Å²) in [5, 5.41) is 0.580. The van der Waals surface area contributed by atoms with Crippen molar-refractivity contribution in [3.63, 3.8) is 0 Å². The van der Waals surface area contributed by atoms with E-state index in [4.69, 9.17) is 33.3 Å². The number of carbonyl (C=O) groups is 1. The molecule has 1 aliphatic rings. The lowest BCUT2D eigenvalue weighted by atomic mass is 10.1. The quantitative estimate of drug-likeness (QED) is 0.570. The van der Waals surface area contributed by atoms with Gasteiger partial charge in [-0.15, -0.1) is 0 Å². The summed E-state index contributed by atoms with van der Waals surface area (Å²) in [4.78, 5) is 18.0. The highest BCUT2D eigenvalue weighted by molar-refractivity contribution is 7.80. The van der Waals surface area contributed by atoms with Gasteiger partial charge in [0.1, 0.15) is 18.1 Å². The minimum atomic E-state index is -0.354. The molecule has 0 spiro atoms. The molecule has 0 aliphatic carbocycles. The van der Waals surface area contributed by atoms with Gasteiger partial charge < -0.3 is 9.47 Å². The molecule has 0 unspecified atom stereocenters. The van der Waals surface area contributed by atoms with Gasteiger partial charge in [-0.1, -0.05) is 29.8 Å². The first-order chi connectivity index (χ1) is 13.9. The van der Waals surface area contributed by atoms with Crippen LogP contribution in [0.2, 0.25) is 5.02 Å². The Labute approximate surface area is 179 Å². The van der Waals surface area contributed by atoms with E-state index in [2.05, 4.69) is 4.99 Å². The molecule has 0 N–H and O–H groups in total. The van der Waals surface area contributed by atoms with Gasteiger partial charge in [0.2, 0.25) is 5.11 Å². The molecule has 8 heteroatoms. The Bertz CT molecular complexity index is 980. The maximum atomic E-state index is 13.9. The molecule has 152 valence electrons. The molecule has 0 radical (unpaired) electrons. The zero-order chi connectivity index (χ0) is 21.0. The minimum absolute atomic E-state index is 0.0107. The molecule has 0 saturated carbocycles. The van der Waals surface area contributed by atoms with Crippen molar-refractivity contribution in [2.45, 2.75) is 26.9 Å². The molecule has 5 nitrogen and oxygen atoms in total. The van der Waals surface area contributed by atoms with Crippen molar-refractivity contribution in [2.75, 3.05) is 13.2 Å². The van der Waals surface area contributed by atoms with E-state index in [-0.39, 0.29) is 29.9 Å². The van der Waals surface area contributed by atoms with Crippen molar-refractivity contribution in [1.82, 2.24) is 4.90 Å². The van der Waals surface area contributed by atoms with Crippen LogP contribution in [-0.4, -0.2) is 34.8 Å². The van der Waals surface area contributed by atoms with Crippen LogP contribution in [-0.2, 0) is 17.8 Å². The molecule has 0 bridgehead atoms. The van der Waals surface area contributed by atoms with Gasteiger partial charge >= 0.3 is 0 Å². The van der Waals surface area contributed by atoms with Crippen LogP contribution in [0.1, 0.15) is 25.0 Å². The van der Waals surface area contributed by atoms with Crippen molar-refractivity contribution >= 4 is 40.6 Å². The molecule has 1 aliphatic heterocycles. The highest BCUT2D eigenvalue weighted by Gasteiger charge is 2.29. The molecule has 2 aromatic carbocycles. The third-order valence-electron chi connectivity index (χ3n) is 4.34. The van der Waals surface area contributed by atoms with Crippen LogP contribution in [0.3, 0.4) is 0 Å². The summed E-state index contributed by atoms with van der Waals surface area (Å²) in [6, 6.07) is 9.80. The number of benzene rings is 2. The van der Waals surface area contributed by atoms with Crippen LogP contribution in [0, 0.1) is 5.82 Å². The largest absolute Gasteiger partial charge is 0.490 e. The van der Waals surface area contributed by atoms with Crippen LogP contribution in [0.15, 0.2) is 41.4 Å². The van der Waals surface area contributed by atoms with Gasteiger partial charge in [-0.25, -0.2) is 9.38 Å². The van der Waals surface area contributed by atoms with E-state index in [1.54, 1.807) is 30.3 Å². The molecule has 0 saturated heterocycles. The first-order valence-electron chi connectivity index (χ1n) is 9.19. The van der Waals surface area contributed by atoms with E-state index in [0.29, 0.717) is 40.9 Å². The Morgan fingerprint density at radius 2 is 1.97 bits per heavy atom. The van der Waals surface area contributed by atoms with Crippen LogP contribution < -0.4 is 9.47 Å². The van der Waals surface area contributed by atoms with Crippen molar-refractivity contribution in [3.05, 3.63) is 58.4 Å². The van der Waals surface area contributed by atoms with E-state index in [9.17, 15) is 9.18 Å². The van der Waals surface area contributed by atoms with Gasteiger partial charge in [0.25, 0.3) is 5.91 Å². The molecular formula is C21H20ClFN2O3S. The van der Waals surface area contributed by atoms with Gasteiger partial charge in [0.05, 0.1) is 11.6 Å². The number of hydrogen-bond acceptors (Lipinski definition) is 4. The first kappa shape index (κ1) is 21.2. The number of halogens is 2.